The Bertz CT molecular complexity index is 514. The molecule has 1 saturated heterocycles. The Balaban J connectivity index is 2.12. The second-order valence-corrected chi connectivity index (χ2v) is 5.09. The van der Waals surface area contributed by atoms with E-state index in [1.54, 1.807) is 29.2 Å². The molecule has 108 valence electrons. The highest BCUT2D eigenvalue weighted by Crippen LogP contribution is 2.25. The quantitative estimate of drug-likeness (QED) is 0.912. The second-order valence-electron chi connectivity index (χ2n) is 5.09. The van der Waals surface area contributed by atoms with Crippen LogP contribution in [0.1, 0.15) is 24.2 Å². The lowest BCUT2D eigenvalue weighted by Crippen LogP contribution is -2.29. The van der Waals surface area contributed by atoms with E-state index in [-0.39, 0.29) is 18.4 Å². The van der Waals surface area contributed by atoms with Crippen LogP contribution in [0.5, 0.6) is 5.75 Å². The van der Waals surface area contributed by atoms with Crippen molar-refractivity contribution in [1.82, 2.24) is 4.90 Å². The zero-order valence-electron chi connectivity index (χ0n) is 11.7. The average Bonchev–Trinajstić information content (AvgIpc) is 2.81. The number of hydrogen-bond acceptors (Lipinski definition) is 3. The maximum absolute atomic E-state index is 12.4. The van der Waals surface area contributed by atoms with Crippen LogP contribution < -0.4 is 4.74 Å². The Labute approximate surface area is 118 Å². The van der Waals surface area contributed by atoms with Gasteiger partial charge in [-0.15, -0.1) is 0 Å². The summed E-state index contributed by atoms with van der Waals surface area (Å²) in [5, 5.41) is 9.11. The minimum Gasteiger partial charge on any atom is -0.494 e. The van der Waals surface area contributed by atoms with Gasteiger partial charge in [0.15, 0.2) is 0 Å². The zero-order valence-corrected chi connectivity index (χ0v) is 11.7. The second kappa shape index (κ2) is 5.94. The number of carboxylic acid groups (broad SMARTS) is 1. The molecule has 20 heavy (non-hydrogen) atoms. The third kappa shape index (κ3) is 2.92. The van der Waals surface area contributed by atoms with Crippen LogP contribution in [-0.4, -0.2) is 41.6 Å². The Morgan fingerprint density at radius 1 is 1.40 bits per heavy atom. The highest BCUT2D eigenvalue weighted by molar-refractivity contribution is 5.95. The Morgan fingerprint density at radius 2 is 2.15 bits per heavy atom. The van der Waals surface area contributed by atoms with E-state index in [1.807, 2.05) is 13.8 Å². The predicted molar refractivity (Wildman–Crippen MR) is 73.8 cm³/mol. The number of aliphatic carboxylic acids is 1. The predicted octanol–water partition coefficient (Wildman–Crippen LogP) is 1.88. The van der Waals surface area contributed by atoms with Crippen molar-refractivity contribution in [2.75, 3.05) is 19.7 Å². The van der Waals surface area contributed by atoms with Crippen LogP contribution in [0, 0.1) is 11.8 Å². The first-order valence-corrected chi connectivity index (χ1v) is 6.78. The van der Waals surface area contributed by atoms with Crippen LogP contribution in [-0.2, 0) is 4.79 Å². The number of rotatable bonds is 4. The standard InChI is InChI=1S/C15H19NO4/c1-3-20-12-6-4-5-11(7-12)14(17)16-8-10(2)13(9-16)15(18)19/h4-7,10,13H,3,8-9H2,1-2H3,(H,18,19)/t10-,13-/m1/s1. The van der Waals surface area contributed by atoms with Gasteiger partial charge in [-0.05, 0) is 31.0 Å². The molecule has 1 aromatic carbocycles. The van der Waals surface area contributed by atoms with E-state index in [1.165, 1.54) is 0 Å². The summed E-state index contributed by atoms with van der Waals surface area (Å²) in [6, 6.07) is 6.99. The molecule has 0 radical (unpaired) electrons. The van der Waals surface area contributed by atoms with Crippen molar-refractivity contribution in [1.29, 1.82) is 0 Å². The molecule has 1 aliphatic heterocycles. The summed E-state index contributed by atoms with van der Waals surface area (Å²) >= 11 is 0. The normalized spacial score (nSPS) is 21.8. The van der Waals surface area contributed by atoms with Crippen LogP contribution in [0.15, 0.2) is 24.3 Å². The molecule has 1 heterocycles. The van der Waals surface area contributed by atoms with E-state index in [4.69, 9.17) is 9.84 Å². The first-order chi connectivity index (χ1) is 9.52. The summed E-state index contributed by atoms with van der Waals surface area (Å²) in [6.07, 6.45) is 0. The van der Waals surface area contributed by atoms with Crippen molar-refractivity contribution in [2.24, 2.45) is 11.8 Å². The van der Waals surface area contributed by atoms with Gasteiger partial charge >= 0.3 is 5.97 Å². The van der Waals surface area contributed by atoms with E-state index in [2.05, 4.69) is 0 Å². The Hall–Kier alpha value is -2.04. The minimum absolute atomic E-state index is 0.0217. The molecule has 2 rings (SSSR count). The molecule has 2 atom stereocenters. The Kier molecular flexibility index (Phi) is 4.27. The molecule has 0 unspecified atom stereocenters. The molecule has 0 saturated carbocycles. The average molecular weight is 277 g/mol. The summed E-state index contributed by atoms with van der Waals surface area (Å²) in [7, 11) is 0. The molecule has 0 aromatic heterocycles. The van der Waals surface area contributed by atoms with Gasteiger partial charge in [-0.2, -0.15) is 0 Å². The molecular formula is C15H19NO4. The fourth-order valence-electron chi connectivity index (χ4n) is 2.52. The number of carbonyl (C=O) groups is 2. The van der Waals surface area contributed by atoms with Crippen molar-refractivity contribution < 1.29 is 19.4 Å². The van der Waals surface area contributed by atoms with E-state index in [0.717, 1.165) is 0 Å². The smallest absolute Gasteiger partial charge is 0.308 e. The number of amides is 1. The molecule has 1 aliphatic rings. The van der Waals surface area contributed by atoms with Gasteiger partial charge in [-0.1, -0.05) is 13.0 Å². The summed E-state index contributed by atoms with van der Waals surface area (Å²) in [5.74, 6) is -0.820. The lowest BCUT2D eigenvalue weighted by Gasteiger charge is -2.16. The molecule has 5 nitrogen and oxygen atoms in total. The van der Waals surface area contributed by atoms with Gasteiger partial charge in [0.25, 0.3) is 5.91 Å². The van der Waals surface area contributed by atoms with Crippen LogP contribution in [0.25, 0.3) is 0 Å². The summed E-state index contributed by atoms with van der Waals surface area (Å²) in [4.78, 5) is 25.1. The molecule has 1 aromatic rings. The van der Waals surface area contributed by atoms with Crippen LogP contribution in [0.2, 0.25) is 0 Å². The number of benzene rings is 1. The van der Waals surface area contributed by atoms with Crippen molar-refractivity contribution >= 4 is 11.9 Å². The van der Waals surface area contributed by atoms with Gasteiger partial charge in [0, 0.05) is 18.7 Å². The topological polar surface area (TPSA) is 66.8 Å². The largest absolute Gasteiger partial charge is 0.494 e. The number of ether oxygens (including phenoxy) is 1. The molecule has 1 amide bonds. The number of carbonyl (C=O) groups excluding carboxylic acids is 1. The first kappa shape index (κ1) is 14.4. The third-order valence-corrected chi connectivity index (χ3v) is 3.61. The monoisotopic (exact) mass is 277 g/mol. The molecule has 0 bridgehead atoms. The van der Waals surface area contributed by atoms with Gasteiger partial charge in [0.05, 0.1) is 12.5 Å². The molecule has 0 spiro atoms. The molecule has 1 fully saturated rings. The SMILES string of the molecule is CCOc1cccc(C(=O)N2C[C@@H](C)[C@H](C(=O)O)C2)c1. The number of hydrogen-bond donors (Lipinski definition) is 1. The van der Waals surface area contributed by atoms with Gasteiger partial charge in [-0.25, -0.2) is 0 Å². The van der Waals surface area contributed by atoms with Crippen molar-refractivity contribution in [2.45, 2.75) is 13.8 Å². The Morgan fingerprint density at radius 3 is 2.75 bits per heavy atom. The lowest BCUT2D eigenvalue weighted by molar-refractivity contribution is -0.142. The van der Waals surface area contributed by atoms with Gasteiger partial charge in [0.2, 0.25) is 0 Å². The van der Waals surface area contributed by atoms with Crippen LogP contribution in [0.4, 0.5) is 0 Å². The number of carboxylic acids is 1. The molecular weight excluding hydrogens is 258 g/mol. The maximum atomic E-state index is 12.4. The highest BCUT2D eigenvalue weighted by atomic mass is 16.5. The maximum Gasteiger partial charge on any atom is 0.308 e. The molecule has 0 aliphatic carbocycles. The number of likely N-dealkylation sites (tertiary alicyclic amines) is 1. The molecule has 1 N–H and O–H groups in total. The van der Waals surface area contributed by atoms with E-state index >= 15 is 0 Å². The molecule has 5 heteroatoms. The zero-order chi connectivity index (χ0) is 14.7. The fraction of sp³-hybridized carbons (Fsp3) is 0.467. The van der Waals surface area contributed by atoms with Crippen molar-refractivity contribution in [3.63, 3.8) is 0 Å². The van der Waals surface area contributed by atoms with E-state index in [0.29, 0.717) is 24.5 Å². The number of nitrogens with zero attached hydrogens (tertiary/aromatic N) is 1. The summed E-state index contributed by atoms with van der Waals surface area (Å²) in [5.41, 5.74) is 0.536. The minimum atomic E-state index is -0.837. The van der Waals surface area contributed by atoms with Gasteiger partial charge < -0.3 is 14.7 Å². The van der Waals surface area contributed by atoms with Gasteiger partial charge in [0.1, 0.15) is 5.75 Å². The third-order valence-electron chi connectivity index (χ3n) is 3.61. The van der Waals surface area contributed by atoms with E-state index in [9.17, 15) is 9.59 Å². The summed E-state index contributed by atoms with van der Waals surface area (Å²) < 4.78 is 5.37. The summed E-state index contributed by atoms with van der Waals surface area (Å²) in [6.45, 7) is 5.04. The van der Waals surface area contributed by atoms with Gasteiger partial charge in [-0.3, -0.25) is 9.59 Å². The van der Waals surface area contributed by atoms with Crippen LogP contribution >= 0.6 is 0 Å². The van der Waals surface area contributed by atoms with Crippen molar-refractivity contribution in [3.05, 3.63) is 29.8 Å². The van der Waals surface area contributed by atoms with Crippen LogP contribution in [0.3, 0.4) is 0 Å². The fourth-order valence-corrected chi connectivity index (χ4v) is 2.52. The first-order valence-electron chi connectivity index (χ1n) is 6.78. The lowest BCUT2D eigenvalue weighted by atomic mass is 9.99. The van der Waals surface area contributed by atoms with E-state index < -0.39 is 11.9 Å². The van der Waals surface area contributed by atoms with Crippen molar-refractivity contribution in [3.8, 4) is 5.75 Å². The highest BCUT2D eigenvalue weighted by Gasteiger charge is 2.37.